The predicted molar refractivity (Wildman–Crippen MR) is 92.8 cm³/mol. The van der Waals surface area contributed by atoms with Gasteiger partial charge in [-0.05, 0) is 37.3 Å². The Morgan fingerprint density at radius 1 is 1.13 bits per heavy atom. The number of hydrogen-bond acceptors (Lipinski definition) is 3. The molecule has 1 aromatic heterocycles. The van der Waals surface area contributed by atoms with Crippen molar-refractivity contribution in [2.75, 3.05) is 0 Å². The molecule has 2 unspecified atom stereocenters. The van der Waals surface area contributed by atoms with E-state index in [0.29, 0.717) is 12.1 Å². The summed E-state index contributed by atoms with van der Waals surface area (Å²) in [6.45, 7) is 3.07. The minimum absolute atomic E-state index is 0.542. The molecular formula is C20H23N3. The summed E-state index contributed by atoms with van der Waals surface area (Å²) < 4.78 is 0. The molecule has 118 valence electrons. The topological polar surface area (TPSA) is 29.0 Å². The third kappa shape index (κ3) is 3.06. The van der Waals surface area contributed by atoms with Crippen LogP contribution in [0.15, 0.2) is 48.8 Å². The lowest BCUT2D eigenvalue weighted by Crippen LogP contribution is -2.47. The van der Waals surface area contributed by atoms with Crippen molar-refractivity contribution in [2.45, 2.75) is 51.2 Å². The van der Waals surface area contributed by atoms with Crippen LogP contribution >= 0.6 is 0 Å². The van der Waals surface area contributed by atoms with E-state index in [9.17, 15) is 0 Å². The first-order valence-corrected chi connectivity index (χ1v) is 8.59. The van der Waals surface area contributed by atoms with E-state index in [-0.39, 0.29) is 0 Å². The highest BCUT2D eigenvalue weighted by Gasteiger charge is 2.34. The van der Waals surface area contributed by atoms with Crippen molar-refractivity contribution in [1.29, 1.82) is 0 Å². The normalized spacial score (nSPS) is 24.3. The molecule has 0 N–H and O–H groups in total. The van der Waals surface area contributed by atoms with Crippen LogP contribution in [0.5, 0.6) is 0 Å². The predicted octanol–water partition coefficient (Wildman–Crippen LogP) is 4.00. The van der Waals surface area contributed by atoms with Gasteiger partial charge in [-0.3, -0.25) is 14.9 Å². The molecule has 2 bridgehead atoms. The second kappa shape index (κ2) is 6.25. The maximum atomic E-state index is 4.68. The van der Waals surface area contributed by atoms with Crippen LogP contribution in [0, 0.1) is 6.92 Å². The van der Waals surface area contributed by atoms with Crippen LogP contribution < -0.4 is 0 Å². The van der Waals surface area contributed by atoms with E-state index in [1.165, 1.54) is 30.4 Å². The highest BCUT2D eigenvalue weighted by Crippen LogP contribution is 2.37. The van der Waals surface area contributed by atoms with E-state index in [4.69, 9.17) is 0 Å². The Morgan fingerprint density at radius 2 is 2.00 bits per heavy atom. The molecule has 2 aliphatic heterocycles. The van der Waals surface area contributed by atoms with E-state index in [1.54, 1.807) is 0 Å². The van der Waals surface area contributed by atoms with Gasteiger partial charge in [0.25, 0.3) is 0 Å². The van der Waals surface area contributed by atoms with Crippen LogP contribution in [0.1, 0.15) is 42.6 Å². The van der Waals surface area contributed by atoms with Crippen molar-refractivity contribution in [3.8, 4) is 0 Å². The van der Waals surface area contributed by atoms with Crippen molar-refractivity contribution < 1.29 is 0 Å². The van der Waals surface area contributed by atoms with Crippen LogP contribution in [0.3, 0.4) is 0 Å². The number of aromatic nitrogens is 2. The van der Waals surface area contributed by atoms with Gasteiger partial charge in [-0.1, -0.05) is 42.8 Å². The molecule has 3 heterocycles. The van der Waals surface area contributed by atoms with Crippen LogP contribution in [-0.2, 0) is 6.54 Å². The number of fused-ring (bicyclic) bond motifs is 2. The van der Waals surface area contributed by atoms with Gasteiger partial charge in [0.1, 0.15) is 0 Å². The lowest BCUT2D eigenvalue weighted by atomic mass is 9.84. The molecule has 2 aliphatic rings. The van der Waals surface area contributed by atoms with Gasteiger partial charge in [0.15, 0.2) is 0 Å². The molecule has 2 aromatic rings. The molecule has 23 heavy (non-hydrogen) atoms. The van der Waals surface area contributed by atoms with Gasteiger partial charge in [-0.2, -0.15) is 0 Å². The molecule has 1 aromatic carbocycles. The fourth-order valence-electron chi connectivity index (χ4n) is 3.97. The molecule has 0 amide bonds. The Kier molecular flexibility index (Phi) is 3.96. The van der Waals surface area contributed by atoms with Gasteiger partial charge < -0.3 is 0 Å². The molecule has 3 nitrogen and oxygen atoms in total. The first-order valence-electron chi connectivity index (χ1n) is 8.59. The summed E-state index contributed by atoms with van der Waals surface area (Å²) in [5.74, 6) is 0. The number of nitrogens with zero attached hydrogens (tertiary/aromatic N) is 3. The average Bonchev–Trinajstić information content (AvgIpc) is 2.55. The minimum Gasteiger partial charge on any atom is -0.289 e. The molecule has 2 atom stereocenters. The quantitative estimate of drug-likeness (QED) is 0.858. The Bertz CT molecular complexity index is 708. The van der Waals surface area contributed by atoms with Crippen molar-refractivity contribution in [3.63, 3.8) is 0 Å². The first kappa shape index (κ1) is 14.6. The fourth-order valence-corrected chi connectivity index (χ4v) is 3.97. The third-order valence-electron chi connectivity index (χ3n) is 5.07. The number of piperidine rings is 1. The third-order valence-corrected chi connectivity index (χ3v) is 5.07. The Hall–Kier alpha value is -2.00. The number of rotatable bonds is 3. The van der Waals surface area contributed by atoms with Crippen LogP contribution in [-0.4, -0.2) is 27.0 Å². The van der Waals surface area contributed by atoms with Gasteiger partial charge in [-0.15, -0.1) is 0 Å². The second-order valence-corrected chi connectivity index (χ2v) is 6.75. The number of aryl methyl sites for hydroxylation is 1. The zero-order valence-corrected chi connectivity index (χ0v) is 13.7. The van der Waals surface area contributed by atoms with Gasteiger partial charge in [0.2, 0.25) is 0 Å². The number of hydrogen-bond donors (Lipinski definition) is 0. The van der Waals surface area contributed by atoms with Gasteiger partial charge in [-0.25, -0.2) is 0 Å². The Balaban J connectivity index is 1.60. The standard InChI is InChI=1S/C20H23N3/c1-15-12-21-13-20(22-15)17-10-18-8-5-9-19(11-17)23(18)14-16-6-3-2-4-7-16/h2-4,6-7,10,12-13,18-19H,5,8-9,11,14H2,1H3. The van der Waals surface area contributed by atoms with Crippen LogP contribution in [0.2, 0.25) is 0 Å². The highest BCUT2D eigenvalue weighted by molar-refractivity contribution is 5.64. The Morgan fingerprint density at radius 3 is 2.78 bits per heavy atom. The van der Waals surface area contributed by atoms with E-state index >= 15 is 0 Å². The molecule has 1 saturated heterocycles. The summed E-state index contributed by atoms with van der Waals surface area (Å²) >= 11 is 0. The summed E-state index contributed by atoms with van der Waals surface area (Å²) in [5, 5.41) is 0. The van der Waals surface area contributed by atoms with Crippen LogP contribution in [0.4, 0.5) is 0 Å². The van der Waals surface area contributed by atoms with Crippen LogP contribution in [0.25, 0.3) is 5.57 Å². The zero-order valence-electron chi connectivity index (χ0n) is 13.7. The molecule has 0 saturated carbocycles. The highest BCUT2D eigenvalue weighted by atomic mass is 15.2. The van der Waals surface area contributed by atoms with Crippen molar-refractivity contribution in [2.24, 2.45) is 0 Å². The molecule has 0 aliphatic carbocycles. The summed E-state index contributed by atoms with van der Waals surface area (Å²) in [6.07, 6.45) is 11.2. The maximum absolute atomic E-state index is 4.68. The molecule has 1 fully saturated rings. The van der Waals surface area contributed by atoms with E-state index in [1.807, 2.05) is 19.3 Å². The summed E-state index contributed by atoms with van der Waals surface area (Å²) in [7, 11) is 0. The van der Waals surface area contributed by atoms with E-state index in [2.05, 4.69) is 51.3 Å². The zero-order chi connectivity index (χ0) is 15.6. The van der Waals surface area contributed by atoms with Gasteiger partial charge >= 0.3 is 0 Å². The summed E-state index contributed by atoms with van der Waals surface area (Å²) in [5.41, 5.74) is 4.87. The Labute approximate surface area is 138 Å². The maximum Gasteiger partial charge on any atom is 0.0846 e. The van der Waals surface area contributed by atoms with Gasteiger partial charge in [0.05, 0.1) is 17.6 Å². The van der Waals surface area contributed by atoms with E-state index in [0.717, 1.165) is 24.4 Å². The SMILES string of the molecule is Cc1cncc(C2=CC3CCCC(C2)N3Cc2ccccc2)n1. The molecular weight excluding hydrogens is 282 g/mol. The van der Waals surface area contributed by atoms with Crippen molar-refractivity contribution >= 4 is 5.57 Å². The van der Waals surface area contributed by atoms with Crippen molar-refractivity contribution in [1.82, 2.24) is 14.9 Å². The first-order chi connectivity index (χ1) is 11.3. The van der Waals surface area contributed by atoms with E-state index < -0.39 is 0 Å². The number of benzene rings is 1. The monoisotopic (exact) mass is 305 g/mol. The minimum atomic E-state index is 0.542. The second-order valence-electron chi connectivity index (χ2n) is 6.75. The average molecular weight is 305 g/mol. The molecule has 0 spiro atoms. The largest absolute Gasteiger partial charge is 0.289 e. The van der Waals surface area contributed by atoms with Gasteiger partial charge in [0, 0.05) is 24.8 Å². The smallest absolute Gasteiger partial charge is 0.0846 e. The fraction of sp³-hybridized carbons (Fsp3) is 0.400. The molecule has 4 rings (SSSR count). The summed E-state index contributed by atoms with van der Waals surface area (Å²) in [6, 6.07) is 12.0. The lowest BCUT2D eigenvalue weighted by Gasteiger charge is -2.45. The molecule has 0 radical (unpaired) electrons. The lowest BCUT2D eigenvalue weighted by molar-refractivity contribution is 0.0950. The summed E-state index contributed by atoms with van der Waals surface area (Å²) in [4.78, 5) is 11.7. The van der Waals surface area contributed by atoms with Crippen molar-refractivity contribution in [3.05, 3.63) is 65.8 Å². The molecule has 3 heteroatoms.